The molecule has 1 N–H and O–H groups in total. The number of cyclic esters (lactones) is 1. The molecular formula is C9H10O5. The van der Waals surface area contributed by atoms with Gasteiger partial charge >= 0.3 is 11.9 Å². The fourth-order valence-electron chi connectivity index (χ4n) is 2.97. The number of carboxylic acid groups (broad SMARTS) is 1. The first kappa shape index (κ1) is 8.23. The molecule has 0 aromatic heterocycles. The summed E-state index contributed by atoms with van der Waals surface area (Å²) in [6.45, 7) is 0.233. The van der Waals surface area contributed by atoms with Crippen LogP contribution >= 0.6 is 0 Å². The number of aliphatic carboxylic acids is 1. The second kappa shape index (κ2) is 2.28. The SMILES string of the molecule is O=C(O)[C@@H]1[C@@H]2CC[C@]3(COC(=O)[C@@H]13)O2. The quantitative estimate of drug-likeness (QED) is 0.590. The number of ether oxygens (including phenoxy) is 2. The van der Waals surface area contributed by atoms with Crippen LogP contribution in [-0.4, -0.2) is 35.4 Å². The molecule has 0 radical (unpaired) electrons. The van der Waals surface area contributed by atoms with Crippen molar-refractivity contribution in [2.75, 3.05) is 6.61 Å². The van der Waals surface area contributed by atoms with Crippen LogP contribution in [0.5, 0.6) is 0 Å². The van der Waals surface area contributed by atoms with E-state index in [1.165, 1.54) is 0 Å². The Hall–Kier alpha value is -1.10. The van der Waals surface area contributed by atoms with Gasteiger partial charge in [-0.05, 0) is 12.8 Å². The van der Waals surface area contributed by atoms with Gasteiger partial charge < -0.3 is 14.6 Å². The van der Waals surface area contributed by atoms with Crippen LogP contribution in [0.25, 0.3) is 0 Å². The molecule has 0 amide bonds. The van der Waals surface area contributed by atoms with Crippen LogP contribution in [0.4, 0.5) is 0 Å². The van der Waals surface area contributed by atoms with Gasteiger partial charge in [-0.25, -0.2) is 0 Å². The van der Waals surface area contributed by atoms with E-state index in [-0.39, 0.29) is 12.7 Å². The zero-order valence-electron chi connectivity index (χ0n) is 7.43. The average molecular weight is 198 g/mol. The van der Waals surface area contributed by atoms with E-state index in [0.717, 1.165) is 12.8 Å². The minimum atomic E-state index is -0.944. The highest BCUT2D eigenvalue weighted by Gasteiger charge is 2.68. The third kappa shape index (κ3) is 0.744. The topological polar surface area (TPSA) is 72.8 Å². The van der Waals surface area contributed by atoms with E-state index < -0.39 is 29.4 Å². The lowest BCUT2D eigenvalue weighted by Crippen LogP contribution is -2.41. The van der Waals surface area contributed by atoms with Crippen molar-refractivity contribution in [3.8, 4) is 0 Å². The summed E-state index contributed by atoms with van der Waals surface area (Å²) in [6, 6.07) is 0. The van der Waals surface area contributed by atoms with Crippen molar-refractivity contribution in [1.82, 2.24) is 0 Å². The molecule has 4 atom stereocenters. The molecule has 2 bridgehead atoms. The third-order valence-corrected chi connectivity index (χ3v) is 3.56. The fraction of sp³-hybridized carbons (Fsp3) is 0.778. The van der Waals surface area contributed by atoms with E-state index >= 15 is 0 Å². The Labute approximate surface area is 80.0 Å². The predicted octanol–water partition coefficient (Wildman–Crippen LogP) is -0.208. The van der Waals surface area contributed by atoms with E-state index in [1.807, 2.05) is 0 Å². The van der Waals surface area contributed by atoms with Crippen LogP contribution in [0.2, 0.25) is 0 Å². The lowest BCUT2D eigenvalue weighted by molar-refractivity contribution is -0.153. The Bertz CT molecular complexity index is 325. The van der Waals surface area contributed by atoms with Crippen LogP contribution in [0, 0.1) is 11.8 Å². The first-order valence-corrected chi connectivity index (χ1v) is 4.71. The molecule has 3 aliphatic rings. The zero-order chi connectivity index (χ0) is 9.92. The van der Waals surface area contributed by atoms with Gasteiger partial charge in [0.15, 0.2) is 0 Å². The van der Waals surface area contributed by atoms with Crippen LogP contribution in [0.3, 0.4) is 0 Å². The van der Waals surface area contributed by atoms with Crippen molar-refractivity contribution >= 4 is 11.9 Å². The second-order valence-corrected chi connectivity index (χ2v) is 4.21. The Morgan fingerprint density at radius 1 is 1.57 bits per heavy atom. The standard InChI is InChI=1S/C9H10O5/c10-7(11)5-4-1-2-9(14-4)3-13-8(12)6(5)9/h4-6H,1-3H2,(H,10,11)/t4-,5+,6+,9+/m0/s1. The van der Waals surface area contributed by atoms with Gasteiger partial charge in [-0.3, -0.25) is 9.59 Å². The van der Waals surface area contributed by atoms with Gasteiger partial charge in [0.05, 0.1) is 12.0 Å². The molecule has 5 heteroatoms. The Balaban J connectivity index is 2.03. The molecule has 1 spiro atoms. The number of fused-ring (bicyclic) bond motifs is 1. The summed E-state index contributed by atoms with van der Waals surface area (Å²) in [4.78, 5) is 22.4. The number of carbonyl (C=O) groups is 2. The van der Waals surface area contributed by atoms with E-state index in [9.17, 15) is 9.59 Å². The molecule has 3 heterocycles. The van der Waals surface area contributed by atoms with Crippen molar-refractivity contribution in [2.45, 2.75) is 24.5 Å². The lowest BCUT2D eigenvalue weighted by Gasteiger charge is -2.23. The Morgan fingerprint density at radius 2 is 2.36 bits per heavy atom. The van der Waals surface area contributed by atoms with Gasteiger partial charge in [-0.15, -0.1) is 0 Å². The molecule has 3 rings (SSSR count). The number of carboxylic acids is 1. The van der Waals surface area contributed by atoms with Gasteiger partial charge in [0.1, 0.15) is 18.1 Å². The lowest BCUT2D eigenvalue weighted by atomic mass is 9.73. The molecule has 0 aromatic rings. The van der Waals surface area contributed by atoms with Crippen molar-refractivity contribution in [3.05, 3.63) is 0 Å². The second-order valence-electron chi connectivity index (χ2n) is 4.21. The van der Waals surface area contributed by atoms with E-state index in [1.54, 1.807) is 0 Å². The van der Waals surface area contributed by atoms with Crippen LogP contribution in [-0.2, 0) is 19.1 Å². The van der Waals surface area contributed by atoms with Crippen LogP contribution < -0.4 is 0 Å². The largest absolute Gasteiger partial charge is 0.481 e. The number of esters is 1. The molecule has 0 aliphatic carbocycles. The maximum atomic E-state index is 11.4. The molecule has 3 aliphatic heterocycles. The number of rotatable bonds is 1. The highest BCUT2D eigenvalue weighted by atomic mass is 16.6. The van der Waals surface area contributed by atoms with Crippen molar-refractivity contribution < 1.29 is 24.2 Å². The average Bonchev–Trinajstić information content (AvgIpc) is 2.75. The minimum Gasteiger partial charge on any atom is -0.481 e. The maximum Gasteiger partial charge on any atom is 0.313 e. The predicted molar refractivity (Wildman–Crippen MR) is 42.4 cm³/mol. The Morgan fingerprint density at radius 3 is 3.07 bits per heavy atom. The van der Waals surface area contributed by atoms with Gasteiger partial charge in [-0.1, -0.05) is 0 Å². The van der Waals surface area contributed by atoms with Gasteiger partial charge in [0, 0.05) is 0 Å². The summed E-state index contributed by atoms with van der Waals surface area (Å²) in [7, 11) is 0. The molecule has 0 saturated carbocycles. The highest BCUT2D eigenvalue weighted by molar-refractivity contribution is 5.85. The molecule has 0 aromatic carbocycles. The summed E-state index contributed by atoms with van der Waals surface area (Å²) in [5, 5.41) is 9.01. The Kier molecular flexibility index (Phi) is 1.34. The van der Waals surface area contributed by atoms with Gasteiger partial charge in [0.25, 0.3) is 0 Å². The maximum absolute atomic E-state index is 11.4. The molecule has 3 fully saturated rings. The fourth-order valence-corrected chi connectivity index (χ4v) is 2.97. The first-order chi connectivity index (χ1) is 6.64. The summed E-state index contributed by atoms with van der Waals surface area (Å²) in [6.07, 6.45) is 1.19. The molecule has 3 saturated heterocycles. The molecule has 0 unspecified atom stereocenters. The monoisotopic (exact) mass is 198 g/mol. The van der Waals surface area contributed by atoms with Crippen LogP contribution in [0.1, 0.15) is 12.8 Å². The van der Waals surface area contributed by atoms with Crippen molar-refractivity contribution in [1.29, 1.82) is 0 Å². The summed E-state index contributed by atoms with van der Waals surface area (Å²) >= 11 is 0. The van der Waals surface area contributed by atoms with Crippen molar-refractivity contribution in [2.24, 2.45) is 11.8 Å². The van der Waals surface area contributed by atoms with E-state index in [0.29, 0.717) is 0 Å². The number of hydrogen-bond acceptors (Lipinski definition) is 4. The summed E-state index contributed by atoms with van der Waals surface area (Å²) in [5.41, 5.74) is -0.606. The van der Waals surface area contributed by atoms with Gasteiger partial charge in [-0.2, -0.15) is 0 Å². The molecule has 14 heavy (non-hydrogen) atoms. The highest BCUT2D eigenvalue weighted by Crippen LogP contribution is 2.54. The molecule has 5 nitrogen and oxygen atoms in total. The van der Waals surface area contributed by atoms with Gasteiger partial charge in [0.2, 0.25) is 0 Å². The van der Waals surface area contributed by atoms with E-state index in [4.69, 9.17) is 14.6 Å². The molecule has 76 valence electrons. The van der Waals surface area contributed by atoms with Crippen molar-refractivity contribution in [3.63, 3.8) is 0 Å². The first-order valence-electron chi connectivity index (χ1n) is 4.71. The van der Waals surface area contributed by atoms with Crippen LogP contribution in [0.15, 0.2) is 0 Å². The third-order valence-electron chi connectivity index (χ3n) is 3.56. The number of carbonyl (C=O) groups excluding carboxylic acids is 1. The smallest absolute Gasteiger partial charge is 0.313 e. The zero-order valence-corrected chi connectivity index (χ0v) is 7.43. The summed E-state index contributed by atoms with van der Waals surface area (Å²) < 4.78 is 10.5. The van der Waals surface area contributed by atoms with E-state index in [2.05, 4.69) is 0 Å². The normalized spacial score (nSPS) is 49.1. The molecular weight excluding hydrogens is 188 g/mol. The summed E-state index contributed by atoms with van der Waals surface area (Å²) in [5.74, 6) is -2.61. The number of hydrogen-bond donors (Lipinski definition) is 1. The minimum absolute atomic E-state index is 0.233.